The second-order valence-corrected chi connectivity index (χ2v) is 4.23. The van der Waals surface area contributed by atoms with Crippen LogP contribution in [-0.2, 0) is 4.79 Å². The highest BCUT2D eigenvalue weighted by Gasteiger charge is 2.16. The van der Waals surface area contributed by atoms with Gasteiger partial charge < -0.3 is 19.7 Å². The van der Waals surface area contributed by atoms with Gasteiger partial charge in [0.1, 0.15) is 0 Å². The van der Waals surface area contributed by atoms with Gasteiger partial charge in [-0.3, -0.25) is 4.79 Å². The number of ether oxygens (including phenoxy) is 2. The van der Waals surface area contributed by atoms with Gasteiger partial charge in [-0.1, -0.05) is 6.92 Å². The SMILES string of the molecule is CCNCC(=O)N(C)c1cc(OC)c(OC)cc1C. The molecule has 1 rings (SSSR count). The van der Waals surface area contributed by atoms with Crippen molar-refractivity contribution in [3.05, 3.63) is 17.7 Å². The molecular formula is C14H22N2O3. The smallest absolute Gasteiger partial charge is 0.240 e. The van der Waals surface area contributed by atoms with E-state index < -0.39 is 0 Å². The lowest BCUT2D eigenvalue weighted by Gasteiger charge is -2.21. The number of hydrogen-bond acceptors (Lipinski definition) is 4. The molecule has 0 bridgehead atoms. The lowest BCUT2D eigenvalue weighted by atomic mass is 10.1. The quantitative estimate of drug-likeness (QED) is 0.849. The number of rotatable bonds is 6. The number of methoxy groups -OCH3 is 2. The molecule has 0 spiro atoms. The largest absolute Gasteiger partial charge is 0.493 e. The molecule has 106 valence electrons. The van der Waals surface area contributed by atoms with Gasteiger partial charge in [0.25, 0.3) is 0 Å². The summed E-state index contributed by atoms with van der Waals surface area (Å²) in [5.74, 6) is 1.29. The van der Waals surface area contributed by atoms with E-state index in [2.05, 4.69) is 5.32 Å². The summed E-state index contributed by atoms with van der Waals surface area (Å²) < 4.78 is 10.5. The van der Waals surface area contributed by atoms with Gasteiger partial charge in [-0.05, 0) is 25.1 Å². The molecule has 19 heavy (non-hydrogen) atoms. The molecule has 0 aliphatic heterocycles. The van der Waals surface area contributed by atoms with E-state index in [1.165, 1.54) is 0 Å². The molecule has 0 aromatic heterocycles. The van der Waals surface area contributed by atoms with Gasteiger partial charge in [0.2, 0.25) is 5.91 Å². The van der Waals surface area contributed by atoms with Crippen molar-refractivity contribution in [1.82, 2.24) is 5.32 Å². The minimum absolute atomic E-state index is 0.0113. The Bertz CT molecular complexity index is 447. The van der Waals surface area contributed by atoms with E-state index in [1.54, 1.807) is 26.2 Å². The van der Waals surface area contributed by atoms with E-state index in [-0.39, 0.29) is 5.91 Å². The van der Waals surface area contributed by atoms with Crippen molar-refractivity contribution in [1.29, 1.82) is 0 Å². The molecule has 0 aliphatic carbocycles. The molecule has 0 heterocycles. The van der Waals surface area contributed by atoms with Gasteiger partial charge in [0.15, 0.2) is 11.5 Å². The fourth-order valence-electron chi connectivity index (χ4n) is 1.82. The van der Waals surface area contributed by atoms with E-state index in [4.69, 9.17) is 9.47 Å². The summed E-state index contributed by atoms with van der Waals surface area (Å²) in [5.41, 5.74) is 1.78. The van der Waals surface area contributed by atoms with Crippen LogP contribution >= 0.6 is 0 Å². The van der Waals surface area contributed by atoms with Crippen molar-refractivity contribution in [3.63, 3.8) is 0 Å². The van der Waals surface area contributed by atoms with Crippen molar-refractivity contribution in [3.8, 4) is 11.5 Å². The minimum atomic E-state index is 0.0113. The van der Waals surface area contributed by atoms with Crippen LogP contribution in [0.2, 0.25) is 0 Å². The van der Waals surface area contributed by atoms with Gasteiger partial charge >= 0.3 is 0 Å². The highest BCUT2D eigenvalue weighted by molar-refractivity contribution is 5.95. The maximum Gasteiger partial charge on any atom is 0.240 e. The van der Waals surface area contributed by atoms with Gasteiger partial charge in [-0.15, -0.1) is 0 Å². The summed E-state index contributed by atoms with van der Waals surface area (Å²) >= 11 is 0. The van der Waals surface area contributed by atoms with Gasteiger partial charge in [-0.2, -0.15) is 0 Å². The van der Waals surface area contributed by atoms with Crippen LogP contribution in [0.4, 0.5) is 5.69 Å². The summed E-state index contributed by atoms with van der Waals surface area (Å²) in [5, 5.41) is 3.02. The average molecular weight is 266 g/mol. The summed E-state index contributed by atoms with van der Waals surface area (Å²) in [6.45, 7) is 4.99. The second-order valence-electron chi connectivity index (χ2n) is 4.23. The molecule has 0 saturated carbocycles. The van der Waals surface area contributed by atoms with Crippen molar-refractivity contribution < 1.29 is 14.3 Å². The van der Waals surface area contributed by atoms with Crippen LogP contribution in [0.25, 0.3) is 0 Å². The van der Waals surface area contributed by atoms with Crippen LogP contribution < -0.4 is 19.7 Å². The number of hydrogen-bond donors (Lipinski definition) is 1. The van der Waals surface area contributed by atoms with Crippen LogP contribution in [0.3, 0.4) is 0 Å². The van der Waals surface area contributed by atoms with Crippen LogP contribution in [0, 0.1) is 6.92 Å². The number of amides is 1. The van der Waals surface area contributed by atoms with Crippen molar-refractivity contribution in [2.75, 3.05) is 39.3 Å². The third-order valence-electron chi connectivity index (χ3n) is 2.96. The van der Waals surface area contributed by atoms with Gasteiger partial charge in [0.05, 0.1) is 26.5 Å². The zero-order valence-electron chi connectivity index (χ0n) is 12.2. The van der Waals surface area contributed by atoms with Crippen LogP contribution in [-0.4, -0.2) is 40.3 Å². The van der Waals surface area contributed by atoms with E-state index in [0.717, 1.165) is 17.8 Å². The second kappa shape index (κ2) is 6.99. The Morgan fingerprint density at radius 3 is 2.37 bits per heavy atom. The Morgan fingerprint density at radius 1 is 1.26 bits per heavy atom. The molecule has 0 unspecified atom stereocenters. The molecule has 5 heteroatoms. The Kier molecular flexibility index (Phi) is 5.63. The predicted octanol–water partition coefficient (Wildman–Crippen LogP) is 1.58. The Hall–Kier alpha value is -1.75. The number of anilines is 1. The van der Waals surface area contributed by atoms with Crippen LogP contribution in [0.1, 0.15) is 12.5 Å². The summed E-state index contributed by atoms with van der Waals surface area (Å²) in [7, 11) is 4.93. The van der Waals surface area contributed by atoms with Crippen LogP contribution in [0.5, 0.6) is 11.5 Å². The number of nitrogens with one attached hydrogen (secondary N) is 1. The molecular weight excluding hydrogens is 244 g/mol. The number of likely N-dealkylation sites (N-methyl/N-ethyl adjacent to an activating group) is 2. The zero-order chi connectivity index (χ0) is 14.4. The molecule has 0 atom stereocenters. The van der Waals surface area contributed by atoms with E-state index in [9.17, 15) is 4.79 Å². The molecule has 1 aromatic rings. The topological polar surface area (TPSA) is 50.8 Å². The van der Waals surface area contributed by atoms with E-state index in [1.807, 2.05) is 26.0 Å². The average Bonchev–Trinajstić information content (AvgIpc) is 2.43. The van der Waals surface area contributed by atoms with Crippen LogP contribution in [0.15, 0.2) is 12.1 Å². The fraction of sp³-hybridized carbons (Fsp3) is 0.500. The first-order valence-electron chi connectivity index (χ1n) is 6.25. The highest BCUT2D eigenvalue weighted by atomic mass is 16.5. The number of nitrogens with zero attached hydrogens (tertiary/aromatic N) is 1. The third kappa shape index (κ3) is 3.61. The first-order chi connectivity index (χ1) is 9.04. The Morgan fingerprint density at radius 2 is 1.84 bits per heavy atom. The zero-order valence-corrected chi connectivity index (χ0v) is 12.2. The number of benzene rings is 1. The molecule has 0 aliphatic rings. The number of carbonyl (C=O) groups is 1. The molecule has 1 aromatic carbocycles. The van der Waals surface area contributed by atoms with Gasteiger partial charge in [-0.25, -0.2) is 0 Å². The molecule has 0 radical (unpaired) electrons. The monoisotopic (exact) mass is 266 g/mol. The lowest BCUT2D eigenvalue weighted by Crippen LogP contribution is -2.35. The molecule has 1 amide bonds. The standard InChI is InChI=1S/C14H22N2O3/c1-6-15-9-14(17)16(3)11-8-13(19-5)12(18-4)7-10(11)2/h7-8,15H,6,9H2,1-5H3. The summed E-state index contributed by atoms with van der Waals surface area (Å²) in [4.78, 5) is 13.6. The maximum atomic E-state index is 12.0. The molecule has 0 fully saturated rings. The number of aryl methyl sites for hydroxylation is 1. The summed E-state index contributed by atoms with van der Waals surface area (Å²) in [6, 6.07) is 3.68. The Labute approximate surface area is 114 Å². The predicted molar refractivity (Wildman–Crippen MR) is 76.2 cm³/mol. The van der Waals surface area contributed by atoms with Gasteiger partial charge in [0, 0.05) is 13.1 Å². The normalized spacial score (nSPS) is 10.2. The fourth-order valence-corrected chi connectivity index (χ4v) is 1.82. The Balaban J connectivity index is 3.02. The van der Waals surface area contributed by atoms with Crippen molar-refractivity contribution >= 4 is 11.6 Å². The molecule has 0 saturated heterocycles. The maximum absolute atomic E-state index is 12.0. The number of carbonyl (C=O) groups excluding carboxylic acids is 1. The molecule has 5 nitrogen and oxygen atoms in total. The molecule has 1 N–H and O–H groups in total. The highest BCUT2D eigenvalue weighted by Crippen LogP contribution is 2.34. The first-order valence-corrected chi connectivity index (χ1v) is 6.25. The third-order valence-corrected chi connectivity index (χ3v) is 2.96. The summed E-state index contributed by atoms with van der Waals surface area (Å²) in [6.07, 6.45) is 0. The lowest BCUT2D eigenvalue weighted by molar-refractivity contribution is -0.117. The minimum Gasteiger partial charge on any atom is -0.493 e. The van der Waals surface area contributed by atoms with E-state index in [0.29, 0.717) is 18.0 Å². The van der Waals surface area contributed by atoms with Crippen molar-refractivity contribution in [2.24, 2.45) is 0 Å². The van der Waals surface area contributed by atoms with Crippen molar-refractivity contribution in [2.45, 2.75) is 13.8 Å². The first kappa shape index (κ1) is 15.3. The van der Waals surface area contributed by atoms with E-state index >= 15 is 0 Å².